The molecule has 2 rings (SSSR count). The highest BCUT2D eigenvalue weighted by Crippen LogP contribution is 2.17. The highest BCUT2D eigenvalue weighted by Gasteiger charge is 2.15. The van der Waals surface area contributed by atoms with Crippen molar-refractivity contribution in [1.82, 2.24) is 5.43 Å². The molecule has 0 spiro atoms. The van der Waals surface area contributed by atoms with Gasteiger partial charge in [0, 0.05) is 9.13 Å². The van der Waals surface area contributed by atoms with Crippen molar-refractivity contribution < 1.29 is 15.0 Å². The van der Waals surface area contributed by atoms with E-state index in [0.29, 0.717) is 11.1 Å². The number of aliphatic hydroxyl groups is 1. The van der Waals surface area contributed by atoms with E-state index >= 15 is 0 Å². The van der Waals surface area contributed by atoms with E-state index in [1.54, 1.807) is 48.5 Å². The lowest BCUT2D eigenvalue weighted by Gasteiger charge is -2.08. The number of hydrazone groups is 1. The fraction of sp³-hybridized carbons (Fsp3) is 0.0667. The summed E-state index contributed by atoms with van der Waals surface area (Å²) in [5, 5.41) is 23.2. The number of halogens is 1. The lowest BCUT2D eigenvalue weighted by Crippen LogP contribution is -2.25. The maximum absolute atomic E-state index is 11.7. The minimum atomic E-state index is -1.28. The smallest absolute Gasteiger partial charge is 0.273 e. The number of hydrogen-bond acceptors (Lipinski definition) is 4. The topological polar surface area (TPSA) is 81.9 Å². The zero-order chi connectivity index (χ0) is 15.2. The summed E-state index contributed by atoms with van der Waals surface area (Å²) in [6.45, 7) is 0. The number of carbonyl (C=O) groups excluding carboxylic acids is 1. The van der Waals surface area contributed by atoms with Crippen LogP contribution in [-0.4, -0.2) is 22.3 Å². The number of benzene rings is 2. The van der Waals surface area contributed by atoms with Gasteiger partial charge in [0.25, 0.3) is 5.91 Å². The largest absolute Gasteiger partial charge is 0.507 e. The quantitative estimate of drug-likeness (QED) is 0.421. The van der Waals surface area contributed by atoms with Crippen molar-refractivity contribution >= 4 is 34.7 Å². The number of phenolic OH excluding ortho intramolecular Hbond substituents is 1. The van der Waals surface area contributed by atoms with Gasteiger partial charge in [-0.25, -0.2) is 5.43 Å². The number of nitrogens with one attached hydrogen (secondary N) is 1. The summed E-state index contributed by atoms with van der Waals surface area (Å²) < 4.78 is 0.933. The number of carbonyl (C=O) groups is 1. The fourth-order valence-corrected chi connectivity index (χ4v) is 2.16. The van der Waals surface area contributed by atoms with E-state index in [2.05, 4.69) is 33.1 Å². The van der Waals surface area contributed by atoms with Crippen LogP contribution in [0.15, 0.2) is 53.6 Å². The van der Waals surface area contributed by atoms with Crippen LogP contribution in [0.1, 0.15) is 17.2 Å². The summed E-state index contributed by atoms with van der Waals surface area (Å²) in [6.07, 6.45) is 0.0421. The Morgan fingerprint density at radius 2 is 1.95 bits per heavy atom. The van der Waals surface area contributed by atoms with Crippen LogP contribution in [0.3, 0.4) is 0 Å². The van der Waals surface area contributed by atoms with E-state index < -0.39 is 12.0 Å². The van der Waals surface area contributed by atoms with Gasteiger partial charge in [0.1, 0.15) is 5.75 Å². The molecule has 2 aromatic carbocycles. The molecule has 3 N–H and O–H groups in total. The number of phenols is 1. The molecule has 0 aliphatic heterocycles. The predicted molar refractivity (Wildman–Crippen MR) is 88.0 cm³/mol. The Labute approximate surface area is 135 Å². The first-order chi connectivity index (χ1) is 10.1. The number of hydrogen-bond donors (Lipinski definition) is 3. The first-order valence-electron chi connectivity index (χ1n) is 6.12. The van der Waals surface area contributed by atoms with Crippen molar-refractivity contribution in [3.05, 3.63) is 63.2 Å². The molecule has 0 bridgehead atoms. The number of rotatable bonds is 4. The van der Waals surface area contributed by atoms with E-state index in [-0.39, 0.29) is 5.75 Å². The molecule has 1 atom stereocenters. The minimum Gasteiger partial charge on any atom is -0.507 e. The van der Waals surface area contributed by atoms with E-state index in [9.17, 15) is 15.0 Å². The molecule has 0 aliphatic carbocycles. The molecule has 1 unspecified atom stereocenters. The molecule has 21 heavy (non-hydrogen) atoms. The summed E-state index contributed by atoms with van der Waals surface area (Å²) in [5.41, 5.74) is 3.21. The normalized spacial score (nSPS) is 12.3. The highest BCUT2D eigenvalue weighted by atomic mass is 127. The second kappa shape index (κ2) is 7.19. The molecule has 0 aromatic heterocycles. The molecule has 0 heterocycles. The Hall–Kier alpha value is -1.93. The monoisotopic (exact) mass is 396 g/mol. The number of nitrogens with zero attached hydrogens (tertiary/aromatic N) is 1. The van der Waals surface area contributed by atoms with Crippen molar-refractivity contribution in [2.75, 3.05) is 0 Å². The van der Waals surface area contributed by atoms with Crippen LogP contribution in [0.2, 0.25) is 0 Å². The molecule has 5 nitrogen and oxygen atoms in total. The standard InChI is InChI=1S/C15H13IN2O3/c16-12-6-7-13(19)11(8-12)9-17-18-15(21)14(20)10-4-2-1-3-5-10/h1-9,14,19-20H,(H,18,21)/b17-9+. The van der Waals surface area contributed by atoms with Gasteiger partial charge in [0.15, 0.2) is 6.10 Å². The summed E-state index contributed by atoms with van der Waals surface area (Å²) in [6, 6.07) is 13.6. The number of amides is 1. The zero-order valence-electron chi connectivity index (χ0n) is 10.9. The Balaban J connectivity index is 2.01. The van der Waals surface area contributed by atoms with Crippen LogP contribution in [0, 0.1) is 3.57 Å². The maximum Gasteiger partial charge on any atom is 0.273 e. The molecule has 1 amide bonds. The third-order valence-corrected chi connectivity index (χ3v) is 3.40. The molecule has 6 heteroatoms. The van der Waals surface area contributed by atoms with Crippen molar-refractivity contribution in [3.8, 4) is 5.75 Å². The lowest BCUT2D eigenvalue weighted by atomic mass is 10.1. The summed E-state index contributed by atoms with van der Waals surface area (Å²) in [7, 11) is 0. The second-order valence-electron chi connectivity index (χ2n) is 4.25. The molecular weight excluding hydrogens is 383 g/mol. The van der Waals surface area contributed by atoms with Crippen LogP contribution >= 0.6 is 22.6 Å². The van der Waals surface area contributed by atoms with Gasteiger partial charge >= 0.3 is 0 Å². The maximum atomic E-state index is 11.7. The van der Waals surface area contributed by atoms with Crippen LogP contribution in [-0.2, 0) is 4.79 Å². The van der Waals surface area contributed by atoms with E-state index in [0.717, 1.165) is 3.57 Å². The Morgan fingerprint density at radius 1 is 1.24 bits per heavy atom. The van der Waals surface area contributed by atoms with Crippen molar-refractivity contribution in [2.24, 2.45) is 5.10 Å². The van der Waals surface area contributed by atoms with Gasteiger partial charge in [-0.2, -0.15) is 5.10 Å². The average molecular weight is 396 g/mol. The molecule has 0 fully saturated rings. The van der Waals surface area contributed by atoms with Crippen molar-refractivity contribution in [1.29, 1.82) is 0 Å². The molecule has 108 valence electrons. The fourth-order valence-electron chi connectivity index (χ4n) is 1.64. The second-order valence-corrected chi connectivity index (χ2v) is 5.50. The van der Waals surface area contributed by atoms with Gasteiger partial charge in [0.2, 0.25) is 0 Å². The first kappa shape index (κ1) is 15.5. The summed E-state index contributed by atoms with van der Waals surface area (Å²) >= 11 is 2.11. The van der Waals surface area contributed by atoms with Gasteiger partial charge in [0.05, 0.1) is 6.21 Å². The molecule has 0 radical (unpaired) electrons. The predicted octanol–water partition coefficient (Wildman–Crippen LogP) is 2.18. The average Bonchev–Trinajstić information content (AvgIpc) is 2.50. The van der Waals surface area contributed by atoms with Crippen LogP contribution in [0.4, 0.5) is 0 Å². The van der Waals surface area contributed by atoms with Gasteiger partial charge in [-0.3, -0.25) is 4.79 Å². The molecule has 0 saturated heterocycles. The van der Waals surface area contributed by atoms with Crippen molar-refractivity contribution in [3.63, 3.8) is 0 Å². The van der Waals surface area contributed by atoms with Crippen molar-refractivity contribution in [2.45, 2.75) is 6.10 Å². The van der Waals surface area contributed by atoms with E-state index in [1.165, 1.54) is 6.21 Å². The molecular formula is C15H13IN2O3. The van der Waals surface area contributed by atoms with Crippen LogP contribution in [0.25, 0.3) is 0 Å². The number of aromatic hydroxyl groups is 1. The summed E-state index contributed by atoms with van der Waals surface area (Å²) in [5.74, 6) is -0.570. The van der Waals surface area contributed by atoms with Crippen LogP contribution < -0.4 is 5.43 Å². The lowest BCUT2D eigenvalue weighted by molar-refractivity contribution is -0.129. The van der Waals surface area contributed by atoms with Gasteiger partial charge < -0.3 is 10.2 Å². The SMILES string of the molecule is O=C(N/N=C/c1cc(I)ccc1O)C(O)c1ccccc1. The number of aliphatic hydroxyl groups excluding tert-OH is 1. The molecule has 2 aromatic rings. The van der Waals surface area contributed by atoms with Gasteiger partial charge in [-0.1, -0.05) is 30.3 Å². The van der Waals surface area contributed by atoms with Gasteiger partial charge in [-0.05, 0) is 46.4 Å². The first-order valence-corrected chi connectivity index (χ1v) is 7.20. The Kier molecular flexibility index (Phi) is 5.29. The summed E-state index contributed by atoms with van der Waals surface area (Å²) in [4.78, 5) is 11.7. The highest BCUT2D eigenvalue weighted by molar-refractivity contribution is 14.1. The van der Waals surface area contributed by atoms with Crippen LogP contribution in [0.5, 0.6) is 5.75 Å². The van der Waals surface area contributed by atoms with E-state index in [1.807, 2.05) is 0 Å². The Morgan fingerprint density at radius 3 is 2.67 bits per heavy atom. The van der Waals surface area contributed by atoms with Gasteiger partial charge in [-0.15, -0.1) is 0 Å². The molecule has 0 saturated carbocycles. The Bertz CT molecular complexity index is 659. The minimum absolute atomic E-state index is 0.0667. The third kappa shape index (κ3) is 4.27. The van der Waals surface area contributed by atoms with E-state index in [4.69, 9.17) is 0 Å². The molecule has 0 aliphatic rings. The zero-order valence-corrected chi connectivity index (χ0v) is 13.1. The third-order valence-electron chi connectivity index (χ3n) is 2.73.